The van der Waals surface area contributed by atoms with Gasteiger partial charge in [-0.15, -0.1) is 0 Å². The van der Waals surface area contributed by atoms with Crippen molar-refractivity contribution in [2.24, 2.45) is 0 Å². The summed E-state index contributed by atoms with van der Waals surface area (Å²) in [6, 6.07) is 10.7. The maximum Gasteiger partial charge on any atom is 0.250 e. The van der Waals surface area contributed by atoms with E-state index >= 15 is 0 Å². The van der Waals surface area contributed by atoms with Gasteiger partial charge in [0, 0.05) is 18.2 Å². The van der Waals surface area contributed by atoms with Crippen molar-refractivity contribution in [1.29, 1.82) is 0 Å². The first kappa shape index (κ1) is 18.2. The Balaban J connectivity index is 1.73. The Morgan fingerprint density at radius 2 is 2.04 bits per heavy atom. The molecule has 1 amide bonds. The number of rotatable bonds is 9. The largest absolute Gasteiger partial charge is 0.475 e. The topological polar surface area (TPSA) is 69.7 Å². The van der Waals surface area contributed by atoms with E-state index in [1.165, 1.54) is 6.20 Å². The predicted molar refractivity (Wildman–Crippen MR) is 91.3 cm³/mol. The lowest BCUT2D eigenvalue weighted by Crippen LogP contribution is -2.18. The number of halogens is 1. The number of anilines is 1. The second-order valence-electron chi connectivity index (χ2n) is 4.86. The number of hydrogen-bond donors (Lipinski definition) is 1. The number of nitrogens with one attached hydrogen (secondary N) is 1. The average molecular weight is 351 g/mol. The second kappa shape index (κ2) is 9.87. The molecule has 24 heavy (non-hydrogen) atoms. The van der Waals surface area contributed by atoms with Crippen LogP contribution < -0.4 is 10.1 Å². The maximum atomic E-state index is 11.8. The van der Waals surface area contributed by atoms with Crippen LogP contribution >= 0.6 is 11.6 Å². The van der Waals surface area contributed by atoms with Crippen molar-refractivity contribution in [1.82, 2.24) is 4.98 Å². The molecule has 0 radical (unpaired) electrons. The van der Waals surface area contributed by atoms with E-state index in [0.29, 0.717) is 29.8 Å². The van der Waals surface area contributed by atoms with Crippen molar-refractivity contribution in [3.63, 3.8) is 0 Å². The molecule has 1 N–H and O–H groups in total. The SMILES string of the molecule is COCCOc1ccc(NC(=O)COCc2ccccc2Cl)cn1. The standard InChI is InChI=1S/C17H19ClN2O4/c1-22-8-9-24-17-7-6-14(10-19-17)20-16(21)12-23-11-13-4-2-3-5-15(13)18/h2-7,10H,8-9,11-12H2,1H3,(H,20,21). The van der Waals surface area contributed by atoms with Crippen molar-refractivity contribution >= 4 is 23.2 Å². The van der Waals surface area contributed by atoms with Crippen LogP contribution in [0, 0.1) is 0 Å². The fraction of sp³-hybridized carbons (Fsp3) is 0.294. The molecule has 0 bridgehead atoms. The smallest absolute Gasteiger partial charge is 0.250 e. The minimum atomic E-state index is -0.267. The molecule has 2 aromatic rings. The van der Waals surface area contributed by atoms with E-state index in [4.69, 9.17) is 25.8 Å². The number of pyridine rings is 1. The molecule has 1 aromatic heterocycles. The van der Waals surface area contributed by atoms with Gasteiger partial charge in [-0.25, -0.2) is 4.98 Å². The quantitative estimate of drug-likeness (QED) is 0.704. The summed E-state index contributed by atoms with van der Waals surface area (Å²) in [5.74, 6) is 0.205. The van der Waals surface area contributed by atoms with Crippen LogP contribution in [-0.4, -0.2) is 37.8 Å². The Bertz CT molecular complexity index is 649. The normalized spacial score (nSPS) is 10.4. The van der Waals surface area contributed by atoms with E-state index in [-0.39, 0.29) is 19.1 Å². The molecule has 0 aliphatic rings. The molecule has 0 atom stereocenters. The number of carbonyl (C=O) groups is 1. The third-order valence-corrected chi connectivity index (χ3v) is 3.37. The number of amides is 1. The van der Waals surface area contributed by atoms with Gasteiger partial charge in [0.15, 0.2) is 0 Å². The van der Waals surface area contributed by atoms with E-state index in [1.54, 1.807) is 25.3 Å². The molecule has 0 spiro atoms. The number of ether oxygens (including phenoxy) is 3. The monoisotopic (exact) mass is 350 g/mol. The summed E-state index contributed by atoms with van der Waals surface area (Å²) in [6.45, 7) is 1.11. The first-order valence-corrected chi connectivity index (χ1v) is 7.75. The van der Waals surface area contributed by atoms with Crippen molar-refractivity contribution in [2.75, 3.05) is 32.2 Å². The minimum absolute atomic E-state index is 0.0721. The summed E-state index contributed by atoms with van der Waals surface area (Å²) < 4.78 is 15.6. The summed E-state index contributed by atoms with van der Waals surface area (Å²) in [7, 11) is 1.60. The molecule has 0 fully saturated rings. The molecule has 1 heterocycles. The van der Waals surface area contributed by atoms with Gasteiger partial charge < -0.3 is 19.5 Å². The van der Waals surface area contributed by atoms with Crippen molar-refractivity contribution < 1.29 is 19.0 Å². The third-order valence-electron chi connectivity index (χ3n) is 3.01. The third kappa shape index (κ3) is 6.16. The first-order valence-electron chi connectivity index (χ1n) is 7.38. The van der Waals surface area contributed by atoms with Crippen molar-refractivity contribution in [3.05, 3.63) is 53.2 Å². The van der Waals surface area contributed by atoms with Crippen LogP contribution in [0.25, 0.3) is 0 Å². The van der Waals surface area contributed by atoms with E-state index < -0.39 is 0 Å². The molecule has 128 valence electrons. The number of methoxy groups -OCH3 is 1. The number of aromatic nitrogens is 1. The van der Waals surface area contributed by atoms with E-state index in [2.05, 4.69) is 10.3 Å². The van der Waals surface area contributed by atoms with E-state index in [1.807, 2.05) is 18.2 Å². The second-order valence-corrected chi connectivity index (χ2v) is 5.27. The molecular formula is C17H19ClN2O4. The van der Waals surface area contributed by atoms with Gasteiger partial charge in [-0.2, -0.15) is 0 Å². The Labute approximate surface area is 145 Å². The zero-order chi connectivity index (χ0) is 17.2. The van der Waals surface area contributed by atoms with E-state index in [0.717, 1.165) is 5.56 Å². The van der Waals surface area contributed by atoms with Crippen LogP contribution in [0.4, 0.5) is 5.69 Å². The van der Waals surface area contributed by atoms with Gasteiger partial charge >= 0.3 is 0 Å². The summed E-state index contributed by atoms with van der Waals surface area (Å²) in [6.07, 6.45) is 1.52. The molecule has 7 heteroatoms. The average Bonchev–Trinajstić information content (AvgIpc) is 2.58. The van der Waals surface area contributed by atoms with Crippen LogP contribution in [0.3, 0.4) is 0 Å². The van der Waals surface area contributed by atoms with Crippen LogP contribution in [0.15, 0.2) is 42.6 Å². The maximum absolute atomic E-state index is 11.8. The lowest BCUT2D eigenvalue weighted by molar-refractivity contribution is -0.121. The number of benzene rings is 1. The van der Waals surface area contributed by atoms with Crippen LogP contribution in [0.2, 0.25) is 5.02 Å². The number of carbonyl (C=O) groups excluding carboxylic acids is 1. The molecule has 0 saturated heterocycles. The molecule has 6 nitrogen and oxygen atoms in total. The summed E-state index contributed by atoms with van der Waals surface area (Å²) in [4.78, 5) is 15.9. The van der Waals surface area contributed by atoms with Gasteiger partial charge in [0.25, 0.3) is 0 Å². The van der Waals surface area contributed by atoms with E-state index in [9.17, 15) is 4.79 Å². The van der Waals surface area contributed by atoms with Crippen molar-refractivity contribution in [2.45, 2.75) is 6.61 Å². The Morgan fingerprint density at radius 3 is 2.75 bits per heavy atom. The predicted octanol–water partition coefficient (Wildman–Crippen LogP) is 2.92. The zero-order valence-electron chi connectivity index (χ0n) is 13.3. The first-order chi connectivity index (χ1) is 11.7. The molecule has 0 unspecified atom stereocenters. The van der Waals surface area contributed by atoms with Crippen LogP contribution in [0.1, 0.15) is 5.56 Å². The Morgan fingerprint density at radius 1 is 1.21 bits per heavy atom. The van der Waals surface area contributed by atoms with Crippen molar-refractivity contribution in [3.8, 4) is 5.88 Å². The van der Waals surface area contributed by atoms with Gasteiger partial charge in [-0.1, -0.05) is 29.8 Å². The summed E-state index contributed by atoms with van der Waals surface area (Å²) in [5.41, 5.74) is 1.41. The zero-order valence-corrected chi connectivity index (χ0v) is 14.1. The highest BCUT2D eigenvalue weighted by atomic mass is 35.5. The molecule has 0 saturated carbocycles. The molecule has 0 aliphatic heterocycles. The number of hydrogen-bond acceptors (Lipinski definition) is 5. The van der Waals surface area contributed by atoms with Gasteiger partial charge in [0.2, 0.25) is 11.8 Å². The van der Waals surface area contributed by atoms with Gasteiger partial charge in [-0.3, -0.25) is 4.79 Å². The fourth-order valence-electron chi connectivity index (χ4n) is 1.84. The molecule has 1 aromatic carbocycles. The van der Waals surface area contributed by atoms with Gasteiger partial charge in [0.05, 0.1) is 25.1 Å². The Hall–Kier alpha value is -2.15. The molecule has 0 aliphatic carbocycles. The lowest BCUT2D eigenvalue weighted by atomic mass is 10.2. The minimum Gasteiger partial charge on any atom is -0.475 e. The number of nitrogens with zero attached hydrogens (tertiary/aromatic N) is 1. The van der Waals surface area contributed by atoms with Crippen LogP contribution in [-0.2, 0) is 20.9 Å². The van der Waals surface area contributed by atoms with Crippen LogP contribution in [0.5, 0.6) is 5.88 Å². The van der Waals surface area contributed by atoms with Gasteiger partial charge in [-0.05, 0) is 17.7 Å². The summed E-state index contributed by atoms with van der Waals surface area (Å²) >= 11 is 6.02. The molecular weight excluding hydrogens is 332 g/mol. The lowest BCUT2D eigenvalue weighted by Gasteiger charge is -2.08. The Kier molecular flexibility index (Phi) is 7.48. The fourth-order valence-corrected chi connectivity index (χ4v) is 2.03. The summed E-state index contributed by atoms with van der Waals surface area (Å²) in [5, 5.41) is 3.31. The van der Waals surface area contributed by atoms with Gasteiger partial charge in [0.1, 0.15) is 13.2 Å². The highest BCUT2D eigenvalue weighted by Gasteiger charge is 2.05. The molecule has 2 rings (SSSR count). The highest BCUT2D eigenvalue weighted by molar-refractivity contribution is 6.31. The highest BCUT2D eigenvalue weighted by Crippen LogP contribution is 2.16.